The highest BCUT2D eigenvalue weighted by Gasteiger charge is 2.31. The molecule has 27 heavy (non-hydrogen) atoms. The molecule has 0 atom stereocenters. The van der Waals surface area contributed by atoms with E-state index in [1.54, 1.807) is 19.1 Å². The molecule has 2 N–H and O–H groups in total. The average molecular weight is 396 g/mol. The van der Waals surface area contributed by atoms with Crippen LogP contribution in [-0.2, 0) is 6.18 Å². The summed E-state index contributed by atoms with van der Waals surface area (Å²) < 4.78 is 38.3. The molecular weight excluding hydrogens is 383 g/mol. The maximum absolute atomic E-state index is 12.8. The Hall–Kier alpha value is -2.94. The summed E-state index contributed by atoms with van der Waals surface area (Å²) in [5.41, 5.74) is 0.393. The maximum atomic E-state index is 12.8. The lowest BCUT2D eigenvalue weighted by Gasteiger charge is -2.10. The van der Waals surface area contributed by atoms with Crippen LogP contribution in [0.2, 0.25) is 5.02 Å². The first-order valence-electron chi connectivity index (χ1n) is 7.83. The van der Waals surface area contributed by atoms with E-state index in [0.717, 1.165) is 12.1 Å². The maximum Gasteiger partial charge on any atom is 0.416 e. The van der Waals surface area contributed by atoms with E-state index in [4.69, 9.17) is 11.6 Å². The van der Waals surface area contributed by atoms with Gasteiger partial charge >= 0.3 is 12.2 Å². The van der Waals surface area contributed by atoms with Gasteiger partial charge in [-0.3, -0.25) is 10.3 Å². The molecule has 3 rings (SSSR count). The average Bonchev–Trinajstić information content (AvgIpc) is 2.60. The van der Waals surface area contributed by atoms with Gasteiger partial charge in [0.1, 0.15) is 11.3 Å². The fraction of sp³-hybridized carbons (Fsp3) is 0.176. The van der Waals surface area contributed by atoms with Crippen molar-refractivity contribution in [2.75, 3.05) is 11.9 Å². The first-order valence-corrected chi connectivity index (χ1v) is 8.21. The third-order valence-corrected chi connectivity index (χ3v) is 3.87. The summed E-state index contributed by atoms with van der Waals surface area (Å²) in [5.74, 6) is 0.262. The number of hydrogen-bond donors (Lipinski definition) is 2. The smallest absolute Gasteiger partial charge is 0.338 e. The Bertz CT molecular complexity index is 1010. The number of rotatable bonds is 3. The second-order valence-corrected chi connectivity index (χ2v) is 5.88. The summed E-state index contributed by atoms with van der Waals surface area (Å²) in [6.45, 7) is 2.23. The van der Waals surface area contributed by atoms with E-state index in [1.807, 2.05) is 0 Å². The van der Waals surface area contributed by atoms with Crippen molar-refractivity contribution in [2.45, 2.75) is 13.1 Å². The molecular formula is C17H13ClF3N5O. The number of pyridine rings is 1. The highest BCUT2D eigenvalue weighted by Crippen LogP contribution is 2.35. The Balaban J connectivity index is 1.97. The number of alkyl halides is 3. The van der Waals surface area contributed by atoms with Crippen molar-refractivity contribution in [1.29, 1.82) is 0 Å². The van der Waals surface area contributed by atoms with Gasteiger partial charge in [-0.05, 0) is 31.2 Å². The Labute approximate surface area is 156 Å². The molecule has 0 unspecified atom stereocenters. The largest absolute Gasteiger partial charge is 0.416 e. The highest BCUT2D eigenvalue weighted by atomic mass is 35.5. The molecule has 6 nitrogen and oxygen atoms in total. The van der Waals surface area contributed by atoms with E-state index in [0.29, 0.717) is 17.6 Å². The predicted molar refractivity (Wildman–Crippen MR) is 95.5 cm³/mol. The predicted octanol–water partition coefficient (Wildman–Crippen LogP) is 4.51. The fourth-order valence-electron chi connectivity index (χ4n) is 2.32. The van der Waals surface area contributed by atoms with Crippen LogP contribution in [0.15, 0.2) is 36.5 Å². The number of nitrogens with zero attached hydrogens (tertiary/aromatic N) is 3. The van der Waals surface area contributed by atoms with Crippen molar-refractivity contribution in [1.82, 2.24) is 20.3 Å². The number of nitrogens with one attached hydrogen (secondary N) is 2. The summed E-state index contributed by atoms with van der Waals surface area (Å²) in [6, 6.07) is 5.76. The Kier molecular flexibility index (Phi) is 5.13. The molecule has 0 aliphatic rings. The zero-order valence-corrected chi connectivity index (χ0v) is 14.7. The minimum absolute atomic E-state index is 0.102. The second kappa shape index (κ2) is 7.36. The minimum atomic E-state index is -4.49. The van der Waals surface area contributed by atoms with Crippen LogP contribution < -0.4 is 10.6 Å². The summed E-state index contributed by atoms with van der Waals surface area (Å²) >= 11 is 6.00. The molecule has 2 aromatic heterocycles. The van der Waals surface area contributed by atoms with E-state index < -0.39 is 17.8 Å². The molecule has 2 heterocycles. The SMILES string of the molecule is CCNC(=O)Nc1ccc2ncc(-c3ccc(C(F)(F)F)cc3Cl)nc2n1. The van der Waals surface area contributed by atoms with E-state index in [-0.39, 0.29) is 22.2 Å². The van der Waals surface area contributed by atoms with Gasteiger partial charge in [0.05, 0.1) is 22.5 Å². The number of amides is 2. The molecule has 0 aliphatic carbocycles. The topological polar surface area (TPSA) is 79.8 Å². The van der Waals surface area contributed by atoms with Gasteiger partial charge in [-0.15, -0.1) is 0 Å². The summed E-state index contributed by atoms with van der Waals surface area (Å²) in [4.78, 5) is 24.3. The molecule has 2 amide bonds. The van der Waals surface area contributed by atoms with Crippen molar-refractivity contribution in [3.05, 3.63) is 47.1 Å². The standard InChI is InChI=1S/C17H13ClF3N5O/c1-2-22-16(27)26-14-6-5-12-15(25-14)24-13(8-23-12)10-4-3-9(7-11(10)18)17(19,20)21/h3-8H,2H2,1H3,(H2,22,24,25,26,27). The van der Waals surface area contributed by atoms with Crippen molar-refractivity contribution < 1.29 is 18.0 Å². The molecule has 0 aliphatic heterocycles. The highest BCUT2D eigenvalue weighted by molar-refractivity contribution is 6.33. The molecule has 0 saturated carbocycles. The Morgan fingerprint density at radius 1 is 1.19 bits per heavy atom. The van der Waals surface area contributed by atoms with Gasteiger partial charge < -0.3 is 5.32 Å². The second-order valence-electron chi connectivity index (χ2n) is 5.47. The van der Waals surface area contributed by atoms with Crippen molar-refractivity contribution in [3.8, 4) is 11.3 Å². The van der Waals surface area contributed by atoms with Crippen LogP contribution in [0.5, 0.6) is 0 Å². The zero-order chi connectivity index (χ0) is 19.6. The first kappa shape index (κ1) is 18.8. The number of aromatic nitrogens is 3. The number of halogens is 4. The van der Waals surface area contributed by atoms with Crippen LogP contribution in [-0.4, -0.2) is 27.5 Å². The van der Waals surface area contributed by atoms with Crippen molar-refractivity contribution in [2.24, 2.45) is 0 Å². The molecule has 0 saturated heterocycles. The number of carbonyl (C=O) groups excluding carboxylic acids is 1. The van der Waals surface area contributed by atoms with Gasteiger partial charge in [0.25, 0.3) is 0 Å². The number of hydrogen-bond acceptors (Lipinski definition) is 4. The quantitative estimate of drug-likeness (QED) is 0.684. The van der Waals surface area contributed by atoms with Gasteiger partial charge in [0.2, 0.25) is 0 Å². The molecule has 0 bridgehead atoms. The fourth-order valence-corrected chi connectivity index (χ4v) is 2.59. The normalized spacial score (nSPS) is 11.4. The van der Waals surface area contributed by atoms with Crippen molar-refractivity contribution >= 4 is 34.6 Å². The first-order chi connectivity index (χ1) is 12.8. The van der Waals surface area contributed by atoms with Crippen LogP contribution in [0, 0.1) is 0 Å². The van der Waals surface area contributed by atoms with E-state index in [2.05, 4.69) is 25.6 Å². The lowest BCUT2D eigenvalue weighted by Crippen LogP contribution is -2.28. The molecule has 0 radical (unpaired) electrons. The van der Waals surface area contributed by atoms with Crippen LogP contribution in [0.25, 0.3) is 22.4 Å². The van der Waals surface area contributed by atoms with E-state index >= 15 is 0 Å². The lowest BCUT2D eigenvalue weighted by atomic mass is 10.1. The van der Waals surface area contributed by atoms with Gasteiger partial charge in [-0.25, -0.2) is 14.8 Å². The molecule has 0 fully saturated rings. The zero-order valence-electron chi connectivity index (χ0n) is 13.9. The van der Waals surface area contributed by atoms with E-state index in [1.165, 1.54) is 12.3 Å². The third kappa shape index (κ3) is 4.25. The minimum Gasteiger partial charge on any atom is -0.338 e. The van der Waals surface area contributed by atoms with Gasteiger partial charge in [-0.1, -0.05) is 17.7 Å². The summed E-state index contributed by atoms with van der Waals surface area (Å²) in [7, 11) is 0. The Morgan fingerprint density at radius 2 is 1.96 bits per heavy atom. The number of benzene rings is 1. The van der Waals surface area contributed by atoms with Crippen LogP contribution in [0.3, 0.4) is 0 Å². The van der Waals surface area contributed by atoms with Gasteiger partial charge in [-0.2, -0.15) is 13.2 Å². The number of anilines is 1. The van der Waals surface area contributed by atoms with Crippen LogP contribution in [0.4, 0.5) is 23.8 Å². The molecule has 140 valence electrons. The molecule has 1 aromatic carbocycles. The summed E-state index contributed by atoms with van der Waals surface area (Å²) in [6.07, 6.45) is -3.09. The van der Waals surface area contributed by atoms with Crippen LogP contribution in [0.1, 0.15) is 12.5 Å². The van der Waals surface area contributed by atoms with Crippen LogP contribution >= 0.6 is 11.6 Å². The number of carbonyl (C=O) groups is 1. The van der Waals surface area contributed by atoms with Gasteiger partial charge in [0.15, 0.2) is 5.65 Å². The third-order valence-electron chi connectivity index (χ3n) is 3.56. The monoisotopic (exact) mass is 395 g/mol. The number of fused-ring (bicyclic) bond motifs is 1. The Morgan fingerprint density at radius 3 is 2.63 bits per heavy atom. The molecule has 3 aromatic rings. The van der Waals surface area contributed by atoms with Gasteiger partial charge in [0, 0.05) is 12.1 Å². The van der Waals surface area contributed by atoms with E-state index in [9.17, 15) is 18.0 Å². The summed E-state index contributed by atoms with van der Waals surface area (Å²) in [5, 5.41) is 5.02. The lowest BCUT2D eigenvalue weighted by molar-refractivity contribution is -0.137. The molecule has 10 heteroatoms. The number of urea groups is 1. The van der Waals surface area contributed by atoms with Crippen molar-refractivity contribution in [3.63, 3.8) is 0 Å². The molecule has 0 spiro atoms.